The fraction of sp³-hybridized carbons (Fsp3) is 0.207. The van der Waals surface area contributed by atoms with E-state index in [1.165, 1.54) is 28.6 Å². The number of hydrogen-bond donors (Lipinski definition) is 1. The normalized spacial score (nSPS) is 12.2. The Kier molecular flexibility index (Phi) is 9.47. The van der Waals surface area contributed by atoms with Gasteiger partial charge in [-0.05, 0) is 66.4 Å². The molecule has 0 aromatic heterocycles. The van der Waals surface area contributed by atoms with Crippen LogP contribution < -0.4 is 10.3 Å². The number of alkyl halides is 3. The highest BCUT2D eigenvalue weighted by atomic mass is 35.5. The van der Waals surface area contributed by atoms with Gasteiger partial charge in [-0.25, -0.2) is 22.5 Å². The van der Waals surface area contributed by atoms with Crippen LogP contribution in [0.1, 0.15) is 11.1 Å². The predicted octanol–water partition coefficient (Wildman–Crippen LogP) is 6.28. The second kappa shape index (κ2) is 13.0. The molecule has 44 heavy (non-hydrogen) atoms. The van der Waals surface area contributed by atoms with Crippen molar-refractivity contribution in [2.45, 2.75) is 22.5 Å². The zero-order chi connectivity index (χ0) is 31.6. The molecule has 3 aromatic rings. The van der Waals surface area contributed by atoms with Gasteiger partial charge in [-0.15, -0.1) is 23.5 Å². The maximum Gasteiger partial charge on any atom is 0.416 e. The Balaban J connectivity index is 1.53. The van der Waals surface area contributed by atoms with Gasteiger partial charge in [0.2, 0.25) is 10.0 Å². The second-order valence-corrected chi connectivity index (χ2v) is 14.0. The number of sulfonamides is 1. The highest BCUT2D eigenvalue weighted by Gasteiger charge is 2.30. The molecule has 230 valence electrons. The van der Waals surface area contributed by atoms with Crippen LogP contribution in [0.3, 0.4) is 0 Å². The van der Waals surface area contributed by atoms with Crippen LogP contribution in [0.4, 0.5) is 13.2 Å². The van der Waals surface area contributed by atoms with Gasteiger partial charge < -0.3 is 0 Å². The number of rotatable bonds is 10. The molecular formula is C29H25ClF3N5O3S3. The van der Waals surface area contributed by atoms with E-state index in [0.717, 1.165) is 28.2 Å². The lowest BCUT2D eigenvalue weighted by molar-refractivity contribution is -0.137. The Morgan fingerprint density at radius 2 is 1.64 bits per heavy atom. The molecule has 15 heteroatoms. The Morgan fingerprint density at radius 1 is 0.955 bits per heavy atom. The first-order chi connectivity index (χ1) is 20.8. The molecule has 1 N–H and O–H groups in total. The number of nitrogens with zero attached hydrogens (tertiary/aromatic N) is 4. The summed E-state index contributed by atoms with van der Waals surface area (Å²) in [5.41, 5.74) is 1.48. The summed E-state index contributed by atoms with van der Waals surface area (Å²) in [4.78, 5) is 15.2. The van der Waals surface area contributed by atoms with Crippen molar-refractivity contribution in [2.24, 2.45) is 0 Å². The third-order valence-electron chi connectivity index (χ3n) is 6.49. The summed E-state index contributed by atoms with van der Waals surface area (Å²) in [6.45, 7) is 0.230. The molecule has 8 nitrogen and oxygen atoms in total. The number of fused-ring (bicyclic) bond motifs is 1. The van der Waals surface area contributed by atoms with Crippen LogP contribution in [0.5, 0.6) is 0 Å². The molecule has 2 heterocycles. The maximum atomic E-state index is 13.4. The minimum Gasteiger partial charge on any atom is -0.265 e. The smallest absolute Gasteiger partial charge is 0.265 e. The molecule has 0 fully saturated rings. The first kappa shape index (κ1) is 32.1. The van der Waals surface area contributed by atoms with Crippen LogP contribution in [-0.2, 0) is 22.7 Å². The van der Waals surface area contributed by atoms with Gasteiger partial charge in [-0.1, -0.05) is 29.8 Å². The molecule has 0 spiro atoms. The van der Waals surface area contributed by atoms with E-state index in [1.807, 2.05) is 42.7 Å². The largest absolute Gasteiger partial charge is 0.416 e. The van der Waals surface area contributed by atoms with Gasteiger partial charge in [0.1, 0.15) is 5.69 Å². The SMILES string of the molecule is CSc1ccc(-n2nc3c(=O)n(Cc4ccc(C(F)(F)F)cc4)nc-3cc2-c2ccc(SCCNS(C)(=O)=O)cc2Cl)cc1. The number of nitrogens with one attached hydrogen (secondary N) is 1. The molecule has 5 rings (SSSR count). The van der Waals surface area contributed by atoms with Crippen LogP contribution >= 0.6 is 35.1 Å². The number of halogens is 4. The van der Waals surface area contributed by atoms with Gasteiger partial charge in [0.25, 0.3) is 5.56 Å². The Hall–Kier alpha value is -3.30. The lowest BCUT2D eigenvalue weighted by Crippen LogP contribution is -2.24. The predicted molar refractivity (Wildman–Crippen MR) is 169 cm³/mol. The number of thioether (sulfide) groups is 2. The van der Waals surface area contributed by atoms with Gasteiger partial charge in [0, 0.05) is 27.7 Å². The molecular weight excluding hydrogens is 655 g/mol. The van der Waals surface area contributed by atoms with Gasteiger partial charge in [0.15, 0.2) is 5.69 Å². The van der Waals surface area contributed by atoms with E-state index in [9.17, 15) is 26.4 Å². The Labute approximate surface area is 265 Å². The number of hydrogen-bond acceptors (Lipinski definition) is 7. The summed E-state index contributed by atoms with van der Waals surface area (Å²) in [5.74, 6) is 0.501. The summed E-state index contributed by atoms with van der Waals surface area (Å²) in [6.07, 6.45) is -1.40. The van der Waals surface area contributed by atoms with E-state index in [2.05, 4.69) is 14.9 Å². The van der Waals surface area contributed by atoms with Crippen molar-refractivity contribution in [1.29, 1.82) is 0 Å². The van der Waals surface area contributed by atoms with Crippen molar-refractivity contribution < 1.29 is 21.6 Å². The molecule has 0 bridgehead atoms. The zero-order valence-electron chi connectivity index (χ0n) is 23.3. The molecule has 0 aliphatic carbocycles. The Morgan fingerprint density at radius 3 is 2.25 bits per heavy atom. The third-order valence-corrected chi connectivity index (χ3v) is 9.27. The summed E-state index contributed by atoms with van der Waals surface area (Å²) in [6, 6.07) is 19.3. The monoisotopic (exact) mass is 679 g/mol. The standard InChI is InChI=1S/C29H25ClF3N5O3S3/c1-42-21-9-7-20(8-10-21)38-26(23-12-11-22(15-24(23)30)43-14-13-34-44(2,40)41)16-25-27(36-38)28(39)37(35-25)17-18-3-5-19(6-4-18)29(31,32)33/h3-12,15-16,34H,13-14,17H2,1-2H3. The first-order valence-electron chi connectivity index (χ1n) is 13.0. The van der Waals surface area contributed by atoms with Crippen LogP contribution in [-0.4, -0.2) is 52.8 Å². The molecule has 0 saturated heterocycles. The topological polar surface area (TPSA) is 98.9 Å². The first-order valence-corrected chi connectivity index (χ1v) is 17.5. The summed E-state index contributed by atoms with van der Waals surface area (Å²) < 4.78 is 66.9. The van der Waals surface area contributed by atoms with Crippen LogP contribution in [0, 0.1) is 0 Å². The average Bonchev–Trinajstić information content (AvgIpc) is 3.28. The number of aromatic nitrogens is 4. The van der Waals surface area contributed by atoms with E-state index in [0.29, 0.717) is 39.0 Å². The van der Waals surface area contributed by atoms with E-state index in [4.69, 9.17) is 11.6 Å². The Bertz CT molecular complexity index is 1930. The summed E-state index contributed by atoms with van der Waals surface area (Å²) in [5, 5.41) is 9.52. The molecule has 0 radical (unpaired) electrons. The number of benzene rings is 3. The van der Waals surface area contributed by atoms with E-state index in [-0.39, 0.29) is 18.8 Å². The molecule has 3 aromatic carbocycles. The van der Waals surface area contributed by atoms with Gasteiger partial charge >= 0.3 is 6.18 Å². The third kappa shape index (κ3) is 7.49. The fourth-order valence-corrected chi connectivity index (χ4v) is 6.53. The van der Waals surface area contributed by atoms with E-state index >= 15 is 0 Å². The minimum absolute atomic E-state index is 0.0358. The highest BCUT2D eigenvalue weighted by Crippen LogP contribution is 2.35. The highest BCUT2D eigenvalue weighted by molar-refractivity contribution is 7.99. The maximum absolute atomic E-state index is 13.4. The van der Waals surface area contributed by atoms with Crippen molar-refractivity contribution in [2.75, 3.05) is 24.8 Å². The van der Waals surface area contributed by atoms with Crippen LogP contribution in [0.25, 0.3) is 28.3 Å². The van der Waals surface area contributed by atoms with E-state index in [1.54, 1.807) is 28.6 Å². The van der Waals surface area contributed by atoms with Gasteiger partial charge in [-0.3, -0.25) is 4.79 Å². The molecule has 2 aliphatic heterocycles. The minimum atomic E-state index is -4.46. The molecule has 0 saturated carbocycles. The van der Waals surface area contributed by atoms with Gasteiger partial charge in [0.05, 0.1) is 34.8 Å². The molecule has 0 unspecified atom stereocenters. The van der Waals surface area contributed by atoms with Crippen molar-refractivity contribution in [3.63, 3.8) is 0 Å². The van der Waals surface area contributed by atoms with Crippen molar-refractivity contribution in [3.8, 4) is 28.3 Å². The van der Waals surface area contributed by atoms with E-state index < -0.39 is 27.3 Å². The van der Waals surface area contributed by atoms with Gasteiger partial charge in [-0.2, -0.15) is 23.4 Å². The quantitative estimate of drug-likeness (QED) is 0.137. The average molecular weight is 680 g/mol. The van der Waals surface area contributed by atoms with Crippen molar-refractivity contribution in [1.82, 2.24) is 24.3 Å². The zero-order valence-corrected chi connectivity index (χ0v) is 26.5. The fourth-order valence-electron chi connectivity index (χ4n) is 4.37. The van der Waals surface area contributed by atoms with Crippen LogP contribution in [0.15, 0.2) is 87.4 Å². The summed E-state index contributed by atoms with van der Waals surface area (Å²) >= 11 is 9.78. The summed E-state index contributed by atoms with van der Waals surface area (Å²) in [7, 11) is -3.28. The van der Waals surface area contributed by atoms with Crippen LogP contribution in [0.2, 0.25) is 5.02 Å². The lowest BCUT2D eigenvalue weighted by atomic mass is 10.1. The molecule has 0 atom stereocenters. The molecule has 2 aliphatic rings. The lowest BCUT2D eigenvalue weighted by Gasteiger charge is -2.16. The van der Waals surface area contributed by atoms with Crippen molar-refractivity contribution >= 4 is 45.1 Å². The van der Waals surface area contributed by atoms with Crippen molar-refractivity contribution in [3.05, 3.63) is 99.3 Å². The molecule has 0 amide bonds. The second-order valence-electron chi connectivity index (χ2n) is 9.69.